The number of nitrogens with zero attached hydrogens (tertiary/aromatic N) is 2. The minimum absolute atomic E-state index is 0.0151. The zero-order valence-electron chi connectivity index (χ0n) is 7.97. The van der Waals surface area contributed by atoms with E-state index in [4.69, 9.17) is 9.52 Å². The Morgan fingerprint density at radius 2 is 2.27 bits per heavy atom. The first-order valence-corrected chi connectivity index (χ1v) is 4.28. The third kappa shape index (κ3) is 1.85. The van der Waals surface area contributed by atoms with Crippen molar-refractivity contribution in [1.29, 1.82) is 0 Å². The first kappa shape index (κ1) is 9.39. The number of hydrogen-bond acceptors (Lipinski definition) is 4. The summed E-state index contributed by atoms with van der Waals surface area (Å²) < 4.78 is 4.90. The van der Waals surface area contributed by atoms with Gasteiger partial charge in [0.2, 0.25) is 0 Å². The molecule has 0 radical (unpaired) electrons. The van der Waals surface area contributed by atoms with E-state index in [0.717, 1.165) is 5.56 Å². The van der Waals surface area contributed by atoms with Crippen LogP contribution in [0.4, 0.5) is 0 Å². The van der Waals surface area contributed by atoms with Gasteiger partial charge >= 0.3 is 5.97 Å². The molecule has 2 heterocycles. The van der Waals surface area contributed by atoms with E-state index in [9.17, 15) is 4.79 Å². The summed E-state index contributed by atoms with van der Waals surface area (Å²) in [6, 6.07) is 3.13. The summed E-state index contributed by atoms with van der Waals surface area (Å²) in [5, 5.41) is 8.82. The van der Waals surface area contributed by atoms with E-state index < -0.39 is 5.97 Å². The smallest absolute Gasteiger partial charge is 0.354 e. The van der Waals surface area contributed by atoms with Crippen LogP contribution in [-0.2, 0) is 0 Å². The highest BCUT2D eigenvalue weighted by molar-refractivity contribution is 5.86. The van der Waals surface area contributed by atoms with Crippen LogP contribution in [-0.4, -0.2) is 21.0 Å². The van der Waals surface area contributed by atoms with Gasteiger partial charge in [-0.15, -0.1) is 0 Å². The van der Waals surface area contributed by atoms with Crippen molar-refractivity contribution in [3.8, 4) is 11.3 Å². The van der Waals surface area contributed by atoms with E-state index in [0.29, 0.717) is 11.5 Å². The van der Waals surface area contributed by atoms with Crippen LogP contribution in [0.2, 0.25) is 0 Å². The lowest BCUT2D eigenvalue weighted by Crippen LogP contribution is -2.03. The Kier molecular flexibility index (Phi) is 2.21. The Morgan fingerprint density at radius 1 is 1.47 bits per heavy atom. The molecule has 1 N–H and O–H groups in total. The third-order valence-electron chi connectivity index (χ3n) is 1.87. The number of furan rings is 1. The lowest BCUT2D eigenvalue weighted by Gasteiger charge is -2.00. The molecule has 2 aromatic rings. The van der Waals surface area contributed by atoms with Crippen molar-refractivity contribution in [2.45, 2.75) is 6.92 Å². The van der Waals surface area contributed by atoms with Gasteiger partial charge in [0.25, 0.3) is 0 Å². The van der Waals surface area contributed by atoms with E-state index in [1.807, 2.05) is 0 Å². The maximum Gasteiger partial charge on any atom is 0.354 e. The Bertz CT molecular complexity index is 491. The molecule has 0 saturated carbocycles. The molecule has 2 aromatic heterocycles. The summed E-state index contributed by atoms with van der Waals surface area (Å²) in [5.74, 6) is -0.642. The van der Waals surface area contributed by atoms with Crippen LogP contribution in [0.15, 0.2) is 29.1 Å². The Labute approximate surface area is 85.4 Å². The molecule has 0 unspecified atom stereocenters. The molecule has 0 atom stereocenters. The number of carbonyl (C=O) groups is 1. The first-order valence-electron chi connectivity index (χ1n) is 4.28. The maximum absolute atomic E-state index is 10.8. The van der Waals surface area contributed by atoms with Crippen molar-refractivity contribution in [2.24, 2.45) is 0 Å². The zero-order valence-corrected chi connectivity index (χ0v) is 7.97. The summed E-state index contributed by atoms with van der Waals surface area (Å²) in [7, 11) is 0. The monoisotopic (exact) mass is 204 g/mol. The first-order chi connectivity index (χ1) is 7.16. The van der Waals surface area contributed by atoms with Crippen LogP contribution in [0, 0.1) is 6.92 Å². The number of aryl methyl sites for hydroxylation is 1. The number of carboxylic acids is 1. The fourth-order valence-electron chi connectivity index (χ4n) is 1.24. The Balaban J connectivity index is 2.54. The Morgan fingerprint density at radius 3 is 2.87 bits per heavy atom. The van der Waals surface area contributed by atoms with Crippen LogP contribution >= 0.6 is 0 Å². The topological polar surface area (TPSA) is 76.2 Å². The highest BCUT2D eigenvalue weighted by Crippen LogP contribution is 2.17. The molecule has 0 aromatic carbocycles. The van der Waals surface area contributed by atoms with E-state index >= 15 is 0 Å². The molecular formula is C10H8N2O3. The third-order valence-corrected chi connectivity index (χ3v) is 1.87. The minimum Gasteiger partial charge on any atom is -0.477 e. The van der Waals surface area contributed by atoms with Gasteiger partial charge in [0, 0.05) is 5.56 Å². The summed E-state index contributed by atoms with van der Waals surface area (Å²) in [5.41, 5.74) is 1.27. The minimum atomic E-state index is -1.06. The molecule has 0 bridgehead atoms. The molecular weight excluding hydrogens is 196 g/mol. The second kappa shape index (κ2) is 3.53. The molecule has 5 heteroatoms. The zero-order chi connectivity index (χ0) is 10.8. The molecule has 0 aliphatic rings. The molecule has 0 spiro atoms. The SMILES string of the molecule is Cc1nc(C(=O)O)cc(-c2ccoc2)n1. The van der Waals surface area contributed by atoms with Gasteiger partial charge in [-0.05, 0) is 19.1 Å². The maximum atomic E-state index is 10.8. The molecule has 0 fully saturated rings. The van der Waals surface area contributed by atoms with Crippen molar-refractivity contribution in [3.63, 3.8) is 0 Å². The largest absolute Gasteiger partial charge is 0.477 e. The lowest BCUT2D eigenvalue weighted by atomic mass is 10.2. The lowest BCUT2D eigenvalue weighted by molar-refractivity contribution is 0.0690. The highest BCUT2D eigenvalue weighted by Gasteiger charge is 2.10. The van der Waals surface area contributed by atoms with Crippen molar-refractivity contribution < 1.29 is 14.3 Å². The molecule has 0 aliphatic carbocycles. The van der Waals surface area contributed by atoms with Gasteiger partial charge in [0.15, 0.2) is 5.69 Å². The average molecular weight is 204 g/mol. The second-order valence-electron chi connectivity index (χ2n) is 3.00. The van der Waals surface area contributed by atoms with Crippen LogP contribution in [0.3, 0.4) is 0 Å². The number of carboxylic acid groups (broad SMARTS) is 1. The molecule has 2 rings (SSSR count). The van der Waals surface area contributed by atoms with Gasteiger partial charge in [-0.2, -0.15) is 0 Å². The summed E-state index contributed by atoms with van der Waals surface area (Å²) in [6.45, 7) is 1.65. The summed E-state index contributed by atoms with van der Waals surface area (Å²) >= 11 is 0. The second-order valence-corrected chi connectivity index (χ2v) is 3.00. The number of hydrogen-bond donors (Lipinski definition) is 1. The molecule has 5 nitrogen and oxygen atoms in total. The van der Waals surface area contributed by atoms with E-state index in [1.54, 1.807) is 13.0 Å². The fraction of sp³-hybridized carbons (Fsp3) is 0.100. The number of rotatable bonds is 2. The van der Waals surface area contributed by atoms with Gasteiger partial charge in [0.05, 0.1) is 18.2 Å². The molecule has 15 heavy (non-hydrogen) atoms. The molecule has 0 amide bonds. The van der Waals surface area contributed by atoms with Crippen LogP contribution < -0.4 is 0 Å². The predicted molar refractivity (Wildman–Crippen MR) is 51.4 cm³/mol. The van der Waals surface area contributed by atoms with Crippen molar-refractivity contribution in [1.82, 2.24) is 9.97 Å². The van der Waals surface area contributed by atoms with Crippen molar-refractivity contribution >= 4 is 5.97 Å². The predicted octanol–water partition coefficient (Wildman–Crippen LogP) is 1.74. The van der Waals surface area contributed by atoms with Gasteiger partial charge in [-0.25, -0.2) is 14.8 Å². The van der Waals surface area contributed by atoms with Gasteiger partial charge < -0.3 is 9.52 Å². The molecule has 0 aliphatic heterocycles. The summed E-state index contributed by atoms with van der Waals surface area (Å²) in [6.07, 6.45) is 3.01. The van der Waals surface area contributed by atoms with Gasteiger partial charge in [0.1, 0.15) is 5.82 Å². The van der Waals surface area contributed by atoms with Crippen LogP contribution in [0.1, 0.15) is 16.3 Å². The fourth-order valence-corrected chi connectivity index (χ4v) is 1.24. The van der Waals surface area contributed by atoms with Crippen LogP contribution in [0.25, 0.3) is 11.3 Å². The molecule has 76 valence electrons. The van der Waals surface area contributed by atoms with Crippen molar-refractivity contribution in [3.05, 3.63) is 36.2 Å². The normalized spacial score (nSPS) is 10.2. The van der Waals surface area contributed by atoms with Crippen LogP contribution in [0.5, 0.6) is 0 Å². The summed E-state index contributed by atoms with van der Waals surface area (Å²) in [4.78, 5) is 18.7. The van der Waals surface area contributed by atoms with Gasteiger partial charge in [-0.3, -0.25) is 0 Å². The van der Waals surface area contributed by atoms with E-state index in [-0.39, 0.29) is 5.69 Å². The number of aromatic nitrogens is 2. The standard InChI is InChI=1S/C10H8N2O3/c1-6-11-8(7-2-3-15-5-7)4-9(12-6)10(13)14/h2-5H,1H3,(H,13,14). The Hall–Kier alpha value is -2.17. The van der Waals surface area contributed by atoms with E-state index in [1.165, 1.54) is 18.6 Å². The average Bonchev–Trinajstić information content (AvgIpc) is 2.69. The highest BCUT2D eigenvalue weighted by atomic mass is 16.4. The van der Waals surface area contributed by atoms with Gasteiger partial charge in [-0.1, -0.05) is 0 Å². The quantitative estimate of drug-likeness (QED) is 0.806. The number of aromatic carboxylic acids is 1. The van der Waals surface area contributed by atoms with E-state index in [2.05, 4.69) is 9.97 Å². The van der Waals surface area contributed by atoms with Crippen molar-refractivity contribution in [2.75, 3.05) is 0 Å². The molecule has 0 saturated heterocycles.